The molecule has 27 heavy (non-hydrogen) atoms. The predicted octanol–water partition coefficient (Wildman–Crippen LogP) is 3.63. The number of anilines is 1. The van der Waals surface area contributed by atoms with E-state index in [1.54, 1.807) is 6.20 Å². The number of carbonyl (C=O) groups excluding carboxylic acids is 1. The van der Waals surface area contributed by atoms with Gasteiger partial charge in [-0.3, -0.25) is 9.69 Å². The molecular formula is C21H30N4OS. The van der Waals surface area contributed by atoms with Crippen molar-refractivity contribution in [2.75, 3.05) is 37.6 Å². The number of amides is 1. The van der Waals surface area contributed by atoms with E-state index in [4.69, 9.17) is 0 Å². The van der Waals surface area contributed by atoms with E-state index in [1.165, 1.54) is 4.88 Å². The lowest BCUT2D eigenvalue weighted by Crippen LogP contribution is -2.38. The van der Waals surface area contributed by atoms with Crippen molar-refractivity contribution in [2.45, 2.75) is 33.2 Å². The Kier molecular flexibility index (Phi) is 7.24. The number of pyridine rings is 1. The largest absolute Gasteiger partial charge is 0.357 e. The van der Waals surface area contributed by atoms with Crippen molar-refractivity contribution < 1.29 is 4.79 Å². The van der Waals surface area contributed by atoms with E-state index in [0.717, 1.165) is 57.9 Å². The second-order valence-corrected chi connectivity index (χ2v) is 8.12. The van der Waals surface area contributed by atoms with Crippen molar-refractivity contribution in [3.05, 3.63) is 46.3 Å². The van der Waals surface area contributed by atoms with Gasteiger partial charge in [-0.15, -0.1) is 11.3 Å². The number of nitrogens with zero attached hydrogens (tertiary/aromatic N) is 3. The molecule has 0 unspecified atom stereocenters. The van der Waals surface area contributed by atoms with E-state index in [9.17, 15) is 4.79 Å². The Bertz CT molecular complexity index is 689. The number of carbonyl (C=O) groups is 1. The Balaban J connectivity index is 1.42. The minimum atomic E-state index is -0.0189. The van der Waals surface area contributed by atoms with Crippen LogP contribution in [-0.4, -0.2) is 48.5 Å². The van der Waals surface area contributed by atoms with Crippen LogP contribution in [0.15, 0.2) is 35.8 Å². The van der Waals surface area contributed by atoms with Gasteiger partial charge in [-0.2, -0.15) is 0 Å². The van der Waals surface area contributed by atoms with Gasteiger partial charge in [0, 0.05) is 37.3 Å². The first-order chi connectivity index (χ1) is 13.2. The van der Waals surface area contributed by atoms with Crippen molar-refractivity contribution in [3.8, 4) is 0 Å². The highest BCUT2D eigenvalue weighted by Gasteiger charge is 2.20. The molecule has 1 aliphatic heterocycles. The lowest BCUT2D eigenvalue weighted by molar-refractivity contribution is 0.0935. The first-order valence-corrected chi connectivity index (χ1v) is 10.8. The minimum Gasteiger partial charge on any atom is -0.357 e. The van der Waals surface area contributed by atoms with Crippen LogP contribution in [0.3, 0.4) is 0 Å². The SMILES string of the molecule is CCN(CC)c1ccc(C(=O)NCC2CCN(Cc3cccs3)CC2)cn1. The summed E-state index contributed by atoms with van der Waals surface area (Å²) in [6.45, 7) is 10.1. The average molecular weight is 387 g/mol. The molecule has 146 valence electrons. The van der Waals surface area contributed by atoms with Crippen molar-refractivity contribution in [3.63, 3.8) is 0 Å². The Morgan fingerprint density at radius 1 is 1.26 bits per heavy atom. The van der Waals surface area contributed by atoms with Gasteiger partial charge < -0.3 is 10.2 Å². The molecule has 6 heteroatoms. The van der Waals surface area contributed by atoms with Crippen LogP contribution in [0.4, 0.5) is 5.82 Å². The molecule has 2 aromatic heterocycles. The zero-order valence-corrected chi connectivity index (χ0v) is 17.2. The quantitative estimate of drug-likeness (QED) is 0.753. The maximum absolute atomic E-state index is 12.4. The Hall–Kier alpha value is -1.92. The Labute approximate surface area is 166 Å². The van der Waals surface area contributed by atoms with E-state index in [2.05, 4.69) is 51.5 Å². The molecule has 0 spiro atoms. The van der Waals surface area contributed by atoms with Crippen molar-refractivity contribution >= 4 is 23.1 Å². The molecule has 3 rings (SSSR count). The fourth-order valence-corrected chi connectivity index (χ4v) is 4.31. The minimum absolute atomic E-state index is 0.0189. The molecule has 1 saturated heterocycles. The maximum Gasteiger partial charge on any atom is 0.252 e. The molecule has 0 aromatic carbocycles. The van der Waals surface area contributed by atoms with Crippen LogP contribution in [0.2, 0.25) is 0 Å². The Morgan fingerprint density at radius 2 is 2.04 bits per heavy atom. The number of rotatable bonds is 8. The summed E-state index contributed by atoms with van der Waals surface area (Å²) in [5.74, 6) is 1.47. The third-order valence-electron chi connectivity index (χ3n) is 5.32. The molecular weight excluding hydrogens is 356 g/mol. The average Bonchev–Trinajstić information content (AvgIpc) is 3.22. The summed E-state index contributed by atoms with van der Waals surface area (Å²) < 4.78 is 0. The first-order valence-electron chi connectivity index (χ1n) is 9.93. The molecule has 1 N–H and O–H groups in total. The fourth-order valence-electron chi connectivity index (χ4n) is 3.57. The van der Waals surface area contributed by atoms with Crippen LogP contribution in [-0.2, 0) is 6.54 Å². The highest BCUT2D eigenvalue weighted by atomic mass is 32.1. The van der Waals surface area contributed by atoms with Gasteiger partial charge in [-0.25, -0.2) is 4.98 Å². The van der Waals surface area contributed by atoms with Gasteiger partial charge in [0.15, 0.2) is 0 Å². The molecule has 1 aliphatic rings. The second kappa shape index (κ2) is 9.85. The standard InChI is InChI=1S/C21H30N4OS/c1-3-25(4-2)20-8-7-18(15-22-20)21(26)23-14-17-9-11-24(12-10-17)16-19-6-5-13-27-19/h5-8,13,15,17H,3-4,9-12,14,16H2,1-2H3,(H,23,26). The lowest BCUT2D eigenvalue weighted by atomic mass is 9.96. The molecule has 3 heterocycles. The van der Waals surface area contributed by atoms with Gasteiger partial charge >= 0.3 is 0 Å². The van der Waals surface area contributed by atoms with Gasteiger partial charge in [0.05, 0.1) is 5.56 Å². The van der Waals surface area contributed by atoms with Crippen LogP contribution < -0.4 is 10.2 Å². The first kappa shape index (κ1) is 19.8. The maximum atomic E-state index is 12.4. The summed E-state index contributed by atoms with van der Waals surface area (Å²) in [7, 11) is 0. The summed E-state index contributed by atoms with van der Waals surface area (Å²) in [6, 6.07) is 8.13. The highest BCUT2D eigenvalue weighted by molar-refractivity contribution is 7.09. The fraction of sp³-hybridized carbons (Fsp3) is 0.524. The second-order valence-electron chi connectivity index (χ2n) is 7.09. The smallest absolute Gasteiger partial charge is 0.252 e. The zero-order valence-electron chi connectivity index (χ0n) is 16.4. The zero-order chi connectivity index (χ0) is 19.1. The third-order valence-corrected chi connectivity index (χ3v) is 6.18. The number of hydrogen-bond donors (Lipinski definition) is 1. The number of thiophene rings is 1. The highest BCUT2D eigenvalue weighted by Crippen LogP contribution is 2.20. The van der Waals surface area contributed by atoms with Crippen LogP contribution >= 0.6 is 11.3 Å². The van der Waals surface area contributed by atoms with Crippen molar-refractivity contribution in [2.24, 2.45) is 5.92 Å². The summed E-state index contributed by atoms with van der Waals surface area (Å²) in [4.78, 5) is 23.0. The normalized spacial score (nSPS) is 15.6. The summed E-state index contributed by atoms with van der Waals surface area (Å²) in [6.07, 6.45) is 3.97. The van der Waals surface area contributed by atoms with Gasteiger partial charge in [0.2, 0.25) is 0 Å². The van der Waals surface area contributed by atoms with E-state index in [0.29, 0.717) is 11.5 Å². The predicted molar refractivity (Wildman–Crippen MR) is 112 cm³/mol. The van der Waals surface area contributed by atoms with Crippen molar-refractivity contribution in [1.82, 2.24) is 15.2 Å². The molecule has 1 fully saturated rings. The van der Waals surface area contributed by atoms with Gasteiger partial charge in [-0.05, 0) is 69.3 Å². The van der Waals surface area contributed by atoms with Crippen LogP contribution in [0, 0.1) is 5.92 Å². The molecule has 0 aliphatic carbocycles. The molecule has 0 radical (unpaired) electrons. The lowest BCUT2D eigenvalue weighted by Gasteiger charge is -2.31. The summed E-state index contributed by atoms with van der Waals surface area (Å²) in [5, 5.41) is 5.24. The van der Waals surface area contributed by atoms with E-state index >= 15 is 0 Å². The van der Waals surface area contributed by atoms with Crippen LogP contribution in [0.5, 0.6) is 0 Å². The molecule has 5 nitrogen and oxygen atoms in total. The number of nitrogens with one attached hydrogen (secondary N) is 1. The molecule has 0 bridgehead atoms. The molecule has 2 aromatic rings. The van der Waals surface area contributed by atoms with Gasteiger partial charge in [0.1, 0.15) is 5.82 Å². The Morgan fingerprint density at radius 3 is 2.63 bits per heavy atom. The summed E-state index contributed by atoms with van der Waals surface area (Å²) >= 11 is 1.83. The number of aromatic nitrogens is 1. The van der Waals surface area contributed by atoms with Gasteiger partial charge in [0.25, 0.3) is 5.91 Å². The summed E-state index contributed by atoms with van der Waals surface area (Å²) in [5.41, 5.74) is 0.640. The third kappa shape index (κ3) is 5.53. The van der Waals surface area contributed by atoms with Crippen LogP contribution in [0.25, 0.3) is 0 Å². The van der Waals surface area contributed by atoms with Crippen LogP contribution in [0.1, 0.15) is 41.9 Å². The number of likely N-dealkylation sites (tertiary alicyclic amines) is 1. The molecule has 1 amide bonds. The molecule has 0 saturated carbocycles. The van der Waals surface area contributed by atoms with E-state index in [1.807, 2.05) is 23.5 Å². The van der Waals surface area contributed by atoms with E-state index < -0.39 is 0 Å². The monoisotopic (exact) mass is 386 g/mol. The van der Waals surface area contributed by atoms with Crippen molar-refractivity contribution in [1.29, 1.82) is 0 Å². The number of piperidine rings is 1. The topological polar surface area (TPSA) is 48.5 Å². The van der Waals surface area contributed by atoms with E-state index in [-0.39, 0.29) is 5.91 Å². The molecule has 0 atom stereocenters. The van der Waals surface area contributed by atoms with Gasteiger partial charge in [-0.1, -0.05) is 6.07 Å². The number of hydrogen-bond acceptors (Lipinski definition) is 5.